The van der Waals surface area contributed by atoms with Gasteiger partial charge in [-0.05, 0) is 24.1 Å². The third-order valence-corrected chi connectivity index (χ3v) is 2.96. The molecule has 64 valence electrons. The molecular weight excluding hydrogens is 245 g/mol. The molecule has 0 fully saturated rings. The standard InChI is InChI=1S/C8H9NS3.K/c1-9(8(10)11)12-7-5-3-2-4-6-7;/h2-6H,1H3,(H,10,11);/q;+1/p-1. The monoisotopic (exact) mass is 253 g/mol. The average Bonchev–Trinajstić information content (AvgIpc) is 2.06. The molecule has 0 atom stereocenters. The van der Waals surface area contributed by atoms with Crippen molar-refractivity contribution >= 4 is 41.1 Å². The molecule has 0 N–H and O–H groups in total. The smallest absolute Gasteiger partial charge is 0.410 e. The van der Waals surface area contributed by atoms with Crippen LogP contribution in [0.2, 0.25) is 0 Å². The second-order valence-electron chi connectivity index (χ2n) is 2.17. The number of rotatable bonds is 2. The predicted octanol–water partition coefficient (Wildman–Crippen LogP) is -0.539. The number of hydrogen-bond donors (Lipinski definition) is 0. The van der Waals surface area contributed by atoms with E-state index in [1.165, 1.54) is 11.9 Å². The Bertz CT molecular complexity index is 265. The average molecular weight is 253 g/mol. The van der Waals surface area contributed by atoms with Crippen molar-refractivity contribution in [1.29, 1.82) is 0 Å². The fourth-order valence-electron chi connectivity index (χ4n) is 0.677. The van der Waals surface area contributed by atoms with Crippen LogP contribution >= 0.6 is 24.2 Å². The van der Waals surface area contributed by atoms with Gasteiger partial charge in [0.1, 0.15) is 0 Å². The van der Waals surface area contributed by atoms with Crippen LogP contribution in [0.4, 0.5) is 0 Å². The molecular formula is C8H8KNS3. The molecule has 0 saturated heterocycles. The minimum atomic E-state index is 0. The van der Waals surface area contributed by atoms with Crippen LogP contribution in [0.25, 0.3) is 0 Å². The molecule has 0 aliphatic rings. The van der Waals surface area contributed by atoms with E-state index in [0.717, 1.165) is 4.90 Å². The van der Waals surface area contributed by atoms with Gasteiger partial charge in [0.2, 0.25) is 0 Å². The quantitative estimate of drug-likeness (QED) is 0.301. The van der Waals surface area contributed by atoms with Crippen LogP contribution in [-0.4, -0.2) is 15.7 Å². The van der Waals surface area contributed by atoms with Crippen LogP contribution in [0, 0.1) is 0 Å². The Morgan fingerprint density at radius 2 is 1.92 bits per heavy atom. The van der Waals surface area contributed by atoms with Gasteiger partial charge in [0.05, 0.1) is 0 Å². The van der Waals surface area contributed by atoms with Gasteiger partial charge in [-0.2, -0.15) is 0 Å². The number of thiocarbonyl (C=S) groups is 1. The molecule has 0 saturated carbocycles. The number of hydrogen-bond acceptors (Lipinski definition) is 3. The molecule has 1 aromatic carbocycles. The molecule has 1 aromatic rings. The maximum Gasteiger partial charge on any atom is 1.00 e. The van der Waals surface area contributed by atoms with Crippen molar-refractivity contribution < 1.29 is 51.4 Å². The fourth-order valence-corrected chi connectivity index (χ4v) is 1.57. The van der Waals surface area contributed by atoms with Crippen molar-refractivity contribution in [2.24, 2.45) is 0 Å². The number of benzene rings is 1. The summed E-state index contributed by atoms with van der Waals surface area (Å²) in [5.41, 5.74) is 0. The molecule has 0 radical (unpaired) electrons. The normalized spacial score (nSPS) is 8.69. The van der Waals surface area contributed by atoms with E-state index in [2.05, 4.69) is 0 Å². The summed E-state index contributed by atoms with van der Waals surface area (Å²) in [6, 6.07) is 10.0. The molecule has 1 nitrogen and oxygen atoms in total. The number of nitrogens with zero attached hydrogens (tertiary/aromatic N) is 1. The Hall–Kier alpha value is 1.32. The van der Waals surface area contributed by atoms with E-state index < -0.39 is 0 Å². The Labute approximate surface area is 137 Å². The second-order valence-corrected chi connectivity index (χ2v) is 4.40. The van der Waals surface area contributed by atoms with E-state index in [9.17, 15) is 0 Å². The van der Waals surface area contributed by atoms with Crippen LogP contribution in [-0.2, 0) is 12.6 Å². The molecule has 0 amide bonds. The molecule has 0 bridgehead atoms. The first-order chi connectivity index (χ1) is 5.70. The first kappa shape index (κ1) is 14.3. The maximum absolute atomic E-state index is 4.84. The van der Waals surface area contributed by atoms with Crippen molar-refractivity contribution in [3.63, 3.8) is 0 Å². The summed E-state index contributed by atoms with van der Waals surface area (Å²) in [6.45, 7) is 0. The molecule has 13 heavy (non-hydrogen) atoms. The third kappa shape index (κ3) is 5.69. The summed E-state index contributed by atoms with van der Waals surface area (Å²) in [7, 11) is 1.87. The summed E-state index contributed by atoms with van der Waals surface area (Å²) < 4.78 is 2.27. The summed E-state index contributed by atoms with van der Waals surface area (Å²) in [6.07, 6.45) is 0. The Kier molecular flexibility index (Phi) is 8.36. The van der Waals surface area contributed by atoms with Gasteiger partial charge in [0.15, 0.2) is 0 Å². The van der Waals surface area contributed by atoms with Crippen molar-refractivity contribution in [3.8, 4) is 0 Å². The first-order valence-corrected chi connectivity index (χ1v) is 4.97. The van der Waals surface area contributed by atoms with Crippen molar-refractivity contribution in [1.82, 2.24) is 4.31 Å². The van der Waals surface area contributed by atoms with E-state index in [-0.39, 0.29) is 51.4 Å². The largest absolute Gasteiger partial charge is 1.00 e. The van der Waals surface area contributed by atoms with Crippen LogP contribution in [0.3, 0.4) is 0 Å². The Morgan fingerprint density at radius 3 is 2.38 bits per heavy atom. The van der Waals surface area contributed by atoms with Gasteiger partial charge in [0, 0.05) is 11.9 Å². The minimum Gasteiger partial charge on any atom is -0.410 e. The zero-order valence-corrected chi connectivity index (χ0v) is 13.1. The molecule has 0 aromatic heterocycles. The molecule has 0 heterocycles. The zero-order chi connectivity index (χ0) is 8.97. The molecule has 0 aliphatic carbocycles. The Morgan fingerprint density at radius 1 is 1.38 bits per heavy atom. The van der Waals surface area contributed by atoms with Crippen LogP contribution in [0.1, 0.15) is 0 Å². The van der Waals surface area contributed by atoms with E-state index in [0.29, 0.717) is 4.32 Å². The van der Waals surface area contributed by atoms with Crippen molar-refractivity contribution in [3.05, 3.63) is 30.3 Å². The van der Waals surface area contributed by atoms with E-state index in [4.69, 9.17) is 24.8 Å². The molecule has 0 aliphatic heterocycles. The summed E-state index contributed by atoms with van der Waals surface area (Å²) >= 11 is 11.2. The minimum absolute atomic E-state index is 0. The fraction of sp³-hybridized carbons (Fsp3) is 0.125. The van der Waals surface area contributed by atoms with E-state index >= 15 is 0 Å². The van der Waals surface area contributed by atoms with Gasteiger partial charge in [-0.1, -0.05) is 22.5 Å². The van der Waals surface area contributed by atoms with E-state index in [1.807, 2.05) is 37.4 Å². The maximum atomic E-state index is 4.84. The topological polar surface area (TPSA) is 3.24 Å². The van der Waals surface area contributed by atoms with Crippen LogP contribution in [0.5, 0.6) is 0 Å². The van der Waals surface area contributed by atoms with Gasteiger partial charge >= 0.3 is 51.4 Å². The SMILES string of the molecule is CN(Sc1ccccc1)C(=S)[S-].[K+]. The molecule has 1 rings (SSSR count). The van der Waals surface area contributed by atoms with Crippen LogP contribution in [0.15, 0.2) is 35.2 Å². The Balaban J connectivity index is 0.00000144. The summed E-state index contributed by atoms with van der Waals surface area (Å²) in [5, 5.41) is 0. The first-order valence-electron chi connectivity index (χ1n) is 3.38. The van der Waals surface area contributed by atoms with Crippen molar-refractivity contribution in [2.75, 3.05) is 7.05 Å². The van der Waals surface area contributed by atoms with E-state index in [1.54, 1.807) is 4.31 Å². The van der Waals surface area contributed by atoms with Gasteiger partial charge in [0.25, 0.3) is 0 Å². The summed E-state index contributed by atoms with van der Waals surface area (Å²) in [5.74, 6) is 0. The van der Waals surface area contributed by atoms with Gasteiger partial charge in [-0.3, -0.25) is 0 Å². The van der Waals surface area contributed by atoms with Crippen molar-refractivity contribution in [2.45, 2.75) is 4.90 Å². The van der Waals surface area contributed by atoms with Gasteiger partial charge < -0.3 is 29.2 Å². The summed E-state index contributed by atoms with van der Waals surface area (Å²) in [4.78, 5) is 1.15. The third-order valence-electron chi connectivity index (χ3n) is 1.24. The zero-order valence-electron chi connectivity index (χ0n) is 7.56. The molecule has 0 spiro atoms. The predicted molar refractivity (Wildman–Crippen MR) is 60.0 cm³/mol. The molecule has 0 unspecified atom stereocenters. The molecule has 5 heteroatoms. The van der Waals surface area contributed by atoms with Gasteiger partial charge in [-0.25, -0.2) is 0 Å². The van der Waals surface area contributed by atoms with Crippen LogP contribution < -0.4 is 51.4 Å². The second kappa shape index (κ2) is 7.59. The van der Waals surface area contributed by atoms with Gasteiger partial charge in [-0.15, -0.1) is 0 Å².